The highest BCUT2D eigenvalue weighted by Gasteiger charge is 2.55. The molecule has 0 saturated heterocycles. The average molecular weight is 187 g/mol. The Balaban J connectivity index is 2.05. The first-order valence-electron chi connectivity index (χ1n) is 5.65. The van der Waals surface area contributed by atoms with Crippen LogP contribution in [0.3, 0.4) is 0 Å². The smallest absolute Gasteiger partial charge is 0.0000168 e. The van der Waals surface area contributed by atoms with E-state index in [0.717, 1.165) is 12.5 Å². The molecule has 2 aliphatic carbocycles. The molecule has 1 aromatic carbocycles. The minimum absolute atomic E-state index is 0.504. The van der Waals surface area contributed by atoms with Gasteiger partial charge >= 0.3 is 0 Å². The highest BCUT2D eigenvalue weighted by Crippen LogP contribution is 2.59. The lowest BCUT2D eigenvalue weighted by atomic mass is 9.79. The predicted octanol–water partition coefficient (Wildman–Crippen LogP) is 2.24. The van der Waals surface area contributed by atoms with Crippen LogP contribution in [0.4, 0.5) is 0 Å². The van der Waals surface area contributed by atoms with Crippen molar-refractivity contribution in [1.82, 2.24) is 0 Å². The molecule has 1 spiro atoms. The van der Waals surface area contributed by atoms with Crippen molar-refractivity contribution in [1.29, 1.82) is 0 Å². The summed E-state index contributed by atoms with van der Waals surface area (Å²) in [6.07, 6.45) is 5.33. The molecule has 2 atom stereocenters. The molecule has 74 valence electrons. The van der Waals surface area contributed by atoms with Crippen molar-refractivity contribution in [2.45, 2.75) is 31.1 Å². The average Bonchev–Trinajstić information content (AvgIpc) is 2.94. The number of fused-ring (bicyclic) bond motifs is 2. The molecule has 0 amide bonds. The van der Waals surface area contributed by atoms with Crippen LogP contribution in [0.2, 0.25) is 0 Å². The van der Waals surface area contributed by atoms with Crippen LogP contribution in [0.5, 0.6) is 0 Å². The summed E-state index contributed by atoms with van der Waals surface area (Å²) in [5.74, 6) is 0.768. The van der Waals surface area contributed by atoms with Gasteiger partial charge in [0, 0.05) is 0 Å². The lowest BCUT2D eigenvalue weighted by Crippen LogP contribution is -2.21. The van der Waals surface area contributed by atoms with Crippen molar-refractivity contribution in [3.8, 4) is 0 Å². The molecule has 1 saturated carbocycles. The van der Waals surface area contributed by atoms with E-state index in [1.54, 1.807) is 11.1 Å². The molecule has 0 unspecified atom stereocenters. The van der Waals surface area contributed by atoms with Gasteiger partial charge in [0.1, 0.15) is 0 Å². The monoisotopic (exact) mass is 187 g/mol. The first kappa shape index (κ1) is 8.49. The number of nitrogens with two attached hydrogens (primary N) is 1. The van der Waals surface area contributed by atoms with Crippen LogP contribution in [0, 0.1) is 5.92 Å². The maximum absolute atomic E-state index is 5.80. The summed E-state index contributed by atoms with van der Waals surface area (Å²) in [5.41, 5.74) is 9.49. The lowest BCUT2D eigenvalue weighted by molar-refractivity contribution is 0.499. The maximum atomic E-state index is 5.80. The summed E-state index contributed by atoms with van der Waals surface area (Å²) >= 11 is 0. The Morgan fingerprint density at radius 2 is 2.21 bits per heavy atom. The van der Waals surface area contributed by atoms with Crippen LogP contribution < -0.4 is 5.73 Å². The van der Waals surface area contributed by atoms with Gasteiger partial charge in [-0.15, -0.1) is 0 Å². The number of hydrogen-bond donors (Lipinski definition) is 1. The molecule has 1 aromatic rings. The predicted molar refractivity (Wildman–Crippen MR) is 58.2 cm³/mol. The maximum Gasteiger partial charge on any atom is -0.0000168 e. The van der Waals surface area contributed by atoms with E-state index in [4.69, 9.17) is 5.73 Å². The highest BCUT2D eigenvalue weighted by atomic mass is 14.7. The highest BCUT2D eigenvalue weighted by molar-refractivity contribution is 5.42. The zero-order chi connectivity index (χ0) is 9.60. The first-order valence-corrected chi connectivity index (χ1v) is 5.65. The van der Waals surface area contributed by atoms with E-state index in [1.807, 2.05) is 0 Å². The third-order valence-corrected chi connectivity index (χ3v) is 4.14. The first-order chi connectivity index (χ1) is 6.87. The van der Waals surface area contributed by atoms with Gasteiger partial charge in [0.2, 0.25) is 0 Å². The zero-order valence-electron chi connectivity index (χ0n) is 8.50. The fraction of sp³-hybridized carbons (Fsp3) is 0.538. The Kier molecular flexibility index (Phi) is 1.72. The molecule has 0 radical (unpaired) electrons. The normalized spacial score (nSPS) is 34.2. The minimum Gasteiger partial charge on any atom is -0.330 e. The van der Waals surface area contributed by atoms with Gasteiger partial charge in [-0.1, -0.05) is 24.3 Å². The Hall–Kier alpha value is -0.820. The van der Waals surface area contributed by atoms with Crippen molar-refractivity contribution in [2.24, 2.45) is 11.7 Å². The fourth-order valence-corrected chi connectivity index (χ4v) is 3.28. The van der Waals surface area contributed by atoms with E-state index < -0.39 is 0 Å². The molecule has 3 rings (SSSR count). The molecular formula is C13H17N. The summed E-state index contributed by atoms with van der Waals surface area (Å²) in [5, 5.41) is 0. The van der Waals surface area contributed by atoms with Gasteiger partial charge in [0.05, 0.1) is 0 Å². The standard InChI is InChI=1S/C13H17N/c14-9-11-8-13(11)7-3-5-10-4-1-2-6-12(10)13/h1-2,4,6,11H,3,5,7-9,14H2/t11-,13+/m1/s1. The molecule has 14 heavy (non-hydrogen) atoms. The second-order valence-electron chi connectivity index (χ2n) is 4.80. The Bertz CT molecular complexity index is 358. The van der Waals surface area contributed by atoms with E-state index in [2.05, 4.69) is 24.3 Å². The fourth-order valence-electron chi connectivity index (χ4n) is 3.28. The van der Waals surface area contributed by atoms with Crippen LogP contribution in [-0.2, 0) is 11.8 Å². The second kappa shape index (κ2) is 2.83. The molecule has 0 heterocycles. The molecule has 1 fully saturated rings. The number of rotatable bonds is 1. The van der Waals surface area contributed by atoms with Crippen molar-refractivity contribution in [3.05, 3.63) is 35.4 Å². The van der Waals surface area contributed by atoms with E-state index in [9.17, 15) is 0 Å². The van der Waals surface area contributed by atoms with E-state index in [1.165, 1.54) is 25.7 Å². The van der Waals surface area contributed by atoms with E-state index >= 15 is 0 Å². The number of aryl methyl sites for hydroxylation is 1. The minimum atomic E-state index is 0.504. The van der Waals surface area contributed by atoms with Gasteiger partial charge in [-0.3, -0.25) is 0 Å². The van der Waals surface area contributed by atoms with Gasteiger partial charge in [-0.2, -0.15) is 0 Å². The molecule has 0 aromatic heterocycles. The summed E-state index contributed by atoms with van der Waals surface area (Å²) in [6.45, 7) is 0.869. The summed E-state index contributed by atoms with van der Waals surface area (Å²) in [6, 6.07) is 8.96. The SMILES string of the molecule is NC[C@H]1C[C@@]12CCCc1ccccc12. The number of benzene rings is 1. The van der Waals surface area contributed by atoms with E-state index in [0.29, 0.717) is 5.41 Å². The topological polar surface area (TPSA) is 26.0 Å². The molecule has 0 bridgehead atoms. The van der Waals surface area contributed by atoms with Crippen LogP contribution in [0.15, 0.2) is 24.3 Å². The van der Waals surface area contributed by atoms with Gasteiger partial charge in [-0.05, 0) is 54.7 Å². The van der Waals surface area contributed by atoms with Crippen LogP contribution in [0.25, 0.3) is 0 Å². The van der Waals surface area contributed by atoms with Gasteiger partial charge in [0.15, 0.2) is 0 Å². The zero-order valence-corrected chi connectivity index (χ0v) is 8.50. The molecular weight excluding hydrogens is 170 g/mol. The summed E-state index contributed by atoms with van der Waals surface area (Å²) in [7, 11) is 0. The largest absolute Gasteiger partial charge is 0.330 e. The van der Waals surface area contributed by atoms with Crippen LogP contribution in [-0.4, -0.2) is 6.54 Å². The van der Waals surface area contributed by atoms with E-state index in [-0.39, 0.29) is 0 Å². The van der Waals surface area contributed by atoms with Gasteiger partial charge in [-0.25, -0.2) is 0 Å². The quantitative estimate of drug-likeness (QED) is 0.717. The van der Waals surface area contributed by atoms with Crippen LogP contribution >= 0.6 is 0 Å². The lowest BCUT2D eigenvalue weighted by Gasteiger charge is -2.26. The van der Waals surface area contributed by atoms with Crippen molar-refractivity contribution >= 4 is 0 Å². The van der Waals surface area contributed by atoms with Crippen molar-refractivity contribution < 1.29 is 0 Å². The van der Waals surface area contributed by atoms with Crippen LogP contribution in [0.1, 0.15) is 30.4 Å². The van der Waals surface area contributed by atoms with Gasteiger partial charge < -0.3 is 5.73 Å². The third-order valence-electron chi connectivity index (χ3n) is 4.14. The Labute approximate surface area is 85.3 Å². The molecule has 2 N–H and O–H groups in total. The molecule has 0 aliphatic heterocycles. The Morgan fingerprint density at radius 1 is 1.36 bits per heavy atom. The van der Waals surface area contributed by atoms with Crippen molar-refractivity contribution in [3.63, 3.8) is 0 Å². The molecule has 2 aliphatic rings. The molecule has 1 heteroatoms. The Morgan fingerprint density at radius 3 is 3.00 bits per heavy atom. The number of hydrogen-bond acceptors (Lipinski definition) is 1. The summed E-state index contributed by atoms with van der Waals surface area (Å²) in [4.78, 5) is 0. The summed E-state index contributed by atoms with van der Waals surface area (Å²) < 4.78 is 0. The third kappa shape index (κ3) is 0.992. The van der Waals surface area contributed by atoms with Crippen molar-refractivity contribution in [2.75, 3.05) is 6.54 Å². The second-order valence-corrected chi connectivity index (χ2v) is 4.80. The molecule has 1 nitrogen and oxygen atoms in total. The van der Waals surface area contributed by atoms with Gasteiger partial charge in [0.25, 0.3) is 0 Å².